The van der Waals surface area contributed by atoms with E-state index in [-0.39, 0.29) is 12.2 Å². The molecule has 0 bridgehead atoms. The number of halogens is 1. The second-order valence-electron chi connectivity index (χ2n) is 4.94. The van der Waals surface area contributed by atoms with Crippen LogP contribution >= 0.6 is 22.6 Å². The van der Waals surface area contributed by atoms with Crippen LogP contribution in [0.15, 0.2) is 0 Å². The standard InChI is InChI=1S/C8H12INO2.C8H17NO2/c1-2-3-6-10(8(11)12)7-4-5-9;1-4-5-6-9-8(10)11-7(2)3/h2-3,5-6H2,1H3,(H,11,12);7H,4-6H2,1-3H3,(H,9,10). The molecule has 0 rings (SSSR count). The normalized spacial score (nSPS) is 9.13. The Morgan fingerprint density at radius 2 is 1.87 bits per heavy atom. The molecule has 2 N–H and O–H groups in total. The van der Waals surface area contributed by atoms with E-state index in [1.54, 1.807) is 0 Å². The van der Waals surface area contributed by atoms with Gasteiger partial charge in [-0.25, -0.2) is 14.5 Å². The molecule has 0 aliphatic heterocycles. The zero-order chi connectivity index (χ0) is 18.1. The minimum atomic E-state index is -0.958. The van der Waals surface area contributed by atoms with E-state index in [0.29, 0.717) is 17.5 Å². The van der Waals surface area contributed by atoms with E-state index in [1.807, 2.05) is 20.8 Å². The van der Waals surface area contributed by atoms with Crippen molar-refractivity contribution in [1.29, 1.82) is 0 Å². The van der Waals surface area contributed by atoms with Gasteiger partial charge in [0.25, 0.3) is 0 Å². The summed E-state index contributed by atoms with van der Waals surface area (Å²) in [7, 11) is 0. The second-order valence-corrected chi connectivity index (χ2v) is 5.71. The first-order chi connectivity index (χ1) is 10.9. The molecular weight excluding hydrogens is 411 g/mol. The van der Waals surface area contributed by atoms with Gasteiger partial charge in [-0.1, -0.05) is 55.2 Å². The monoisotopic (exact) mass is 440 g/mol. The van der Waals surface area contributed by atoms with Crippen molar-refractivity contribution in [1.82, 2.24) is 10.2 Å². The lowest BCUT2D eigenvalue weighted by Crippen LogP contribution is -2.27. The fourth-order valence-electron chi connectivity index (χ4n) is 1.26. The Hall–Kier alpha value is -1.17. The topological polar surface area (TPSA) is 78.9 Å². The van der Waals surface area contributed by atoms with E-state index in [1.165, 1.54) is 0 Å². The number of nitrogens with one attached hydrogen (secondary N) is 1. The van der Waals surface area contributed by atoms with Crippen LogP contribution in [0.5, 0.6) is 0 Å². The Kier molecular flexibility index (Phi) is 18.0. The number of hydrogen-bond donors (Lipinski definition) is 2. The predicted molar refractivity (Wildman–Crippen MR) is 101 cm³/mol. The molecule has 0 aliphatic carbocycles. The second kappa shape index (κ2) is 17.2. The molecule has 0 aromatic rings. The van der Waals surface area contributed by atoms with Gasteiger partial charge in [0.05, 0.1) is 10.5 Å². The maximum atomic E-state index is 10.8. The fraction of sp³-hybridized carbons (Fsp3) is 0.750. The zero-order valence-electron chi connectivity index (χ0n) is 14.5. The highest BCUT2D eigenvalue weighted by atomic mass is 127. The SMILES string of the molecule is CCCCN(C#CCI)C(=O)O.CCCCNC(=O)OC(C)C. The number of carbonyl (C=O) groups is 2. The van der Waals surface area contributed by atoms with Crippen LogP contribution in [0.4, 0.5) is 9.59 Å². The number of hydrogen-bond acceptors (Lipinski definition) is 3. The first-order valence-electron chi connectivity index (χ1n) is 7.88. The van der Waals surface area contributed by atoms with Crippen LogP contribution in [0.1, 0.15) is 53.4 Å². The Morgan fingerprint density at radius 1 is 1.26 bits per heavy atom. The van der Waals surface area contributed by atoms with Crippen LogP contribution < -0.4 is 5.32 Å². The molecule has 7 heteroatoms. The molecule has 0 aromatic heterocycles. The summed E-state index contributed by atoms with van der Waals surface area (Å²) in [5, 5.41) is 11.3. The highest BCUT2D eigenvalue weighted by Gasteiger charge is 2.06. The maximum Gasteiger partial charge on any atom is 0.419 e. The molecule has 0 saturated carbocycles. The number of alkyl halides is 1. The maximum absolute atomic E-state index is 10.8. The number of ether oxygens (including phenoxy) is 1. The number of nitrogens with zero attached hydrogens (tertiary/aromatic N) is 1. The minimum Gasteiger partial charge on any atom is -0.464 e. The summed E-state index contributed by atoms with van der Waals surface area (Å²) in [6.07, 6.45) is 2.64. The minimum absolute atomic E-state index is 0.0309. The lowest BCUT2D eigenvalue weighted by Gasteiger charge is -2.09. The number of unbranched alkanes of at least 4 members (excludes halogenated alkanes) is 2. The van der Waals surface area contributed by atoms with Crippen LogP contribution in [-0.4, -0.2) is 45.8 Å². The Labute approximate surface area is 153 Å². The molecule has 0 radical (unpaired) electrons. The number of alkyl carbamates (subject to hydrolysis) is 1. The first-order valence-corrected chi connectivity index (χ1v) is 9.40. The van der Waals surface area contributed by atoms with Crippen molar-refractivity contribution in [2.75, 3.05) is 17.5 Å². The first kappa shape index (κ1) is 24.1. The summed E-state index contributed by atoms with van der Waals surface area (Å²) in [5.74, 6) is 2.72. The molecule has 0 saturated heterocycles. The molecule has 6 nitrogen and oxygen atoms in total. The van der Waals surface area contributed by atoms with E-state index in [2.05, 4.69) is 46.8 Å². The lowest BCUT2D eigenvalue weighted by molar-refractivity contribution is 0.115. The highest BCUT2D eigenvalue weighted by Crippen LogP contribution is 1.94. The van der Waals surface area contributed by atoms with Gasteiger partial charge in [-0.15, -0.1) is 0 Å². The van der Waals surface area contributed by atoms with Gasteiger partial charge in [0.1, 0.15) is 0 Å². The van der Waals surface area contributed by atoms with Gasteiger partial charge in [-0.3, -0.25) is 0 Å². The molecule has 0 spiro atoms. The molecule has 0 heterocycles. The molecule has 0 atom stereocenters. The van der Waals surface area contributed by atoms with Crippen LogP contribution in [-0.2, 0) is 4.74 Å². The summed E-state index contributed by atoms with van der Waals surface area (Å²) >= 11 is 2.09. The molecule has 0 fully saturated rings. The quantitative estimate of drug-likeness (QED) is 0.206. The summed E-state index contributed by atoms with van der Waals surface area (Å²) < 4.78 is 5.51. The lowest BCUT2D eigenvalue weighted by atomic mass is 10.3. The summed E-state index contributed by atoms with van der Waals surface area (Å²) in [4.78, 5) is 22.5. The van der Waals surface area contributed by atoms with Crippen molar-refractivity contribution in [3.8, 4) is 12.0 Å². The van der Waals surface area contributed by atoms with Gasteiger partial charge in [0.2, 0.25) is 0 Å². The van der Waals surface area contributed by atoms with Crippen molar-refractivity contribution < 1.29 is 19.4 Å². The van der Waals surface area contributed by atoms with E-state index in [0.717, 1.165) is 30.6 Å². The number of carbonyl (C=O) groups excluding carboxylic acids is 1. The van der Waals surface area contributed by atoms with Gasteiger partial charge in [0.15, 0.2) is 0 Å². The largest absolute Gasteiger partial charge is 0.464 e. The Balaban J connectivity index is 0. The van der Waals surface area contributed by atoms with Gasteiger partial charge in [0, 0.05) is 19.1 Å². The average molecular weight is 440 g/mol. The number of carboxylic acid groups (broad SMARTS) is 1. The van der Waals surface area contributed by atoms with Crippen molar-refractivity contribution in [2.45, 2.75) is 59.5 Å². The zero-order valence-corrected chi connectivity index (χ0v) is 16.7. The Bertz CT molecular complexity index is 378. The van der Waals surface area contributed by atoms with Crippen LogP contribution in [0.3, 0.4) is 0 Å². The van der Waals surface area contributed by atoms with Gasteiger partial charge in [-0.05, 0) is 26.7 Å². The van der Waals surface area contributed by atoms with Crippen LogP contribution in [0.2, 0.25) is 0 Å². The van der Waals surface area contributed by atoms with E-state index in [4.69, 9.17) is 9.84 Å². The van der Waals surface area contributed by atoms with Crippen LogP contribution in [0, 0.1) is 12.0 Å². The average Bonchev–Trinajstić information content (AvgIpc) is 2.47. The number of amides is 2. The number of rotatable bonds is 7. The van der Waals surface area contributed by atoms with Crippen molar-refractivity contribution in [2.24, 2.45) is 0 Å². The molecule has 0 unspecified atom stereocenters. The molecule has 0 aromatic carbocycles. The van der Waals surface area contributed by atoms with E-state index < -0.39 is 6.09 Å². The summed E-state index contributed by atoms with van der Waals surface area (Å²) in [6.45, 7) is 8.98. The van der Waals surface area contributed by atoms with Crippen molar-refractivity contribution in [3.05, 3.63) is 0 Å². The Morgan fingerprint density at radius 3 is 2.30 bits per heavy atom. The summed E-state index contributed by atoms with van der Waals surface area (Å²) in [6, 6.07) is 2.58. The van der Waals surface area contributed by atoms with Crippen LogP contribution in [0.25, 0.3) is 0 Å². The molecule has 134 valence electrons. The predicted octanol–water partition coefficient (Wildman–Crippen LogP) is 4.08. The van der Waals surface area contributed by atoms with E-state index >= 15 is 0 Å². The molecule has 23 heavy (non-hydrogen) atoms. The molecular formula is C16H29IN2O4. The third-order valence-corrected chi connectivity index (χ3v) is 2.77. The third-order valence-electron chi connectivity index (χ3n) is 2.39. The van der Waals surface area contributed by atoms with E-state index in [9.17, 15) is 9.59 Å². The smallest absolute Gasteiger partial charge is 0.419 e. The van der Waals surface area contributed by atoms with Gasteiger partial charge in [-0.2, -0.15) is 0 Å². The molecule has 0 aliphatic rings. The van der Waals surface area contributed by atoms with Gasteiger partial charge >= 0.3 is 12.2 Å². The van der Waals surface area contributed by atoms with Gasteiger partial charge < -0.3 is 15.2 Å². The third kappa shape index (κ3) is 18.8. The highest BCUT2D eigenvalue weighted by molar-refractivity contribution is 14.1. The van der Waals surface area contributed by atoms with Crippen molar-refractivity contribution in [3.63, 3.8) is 0 Å². The molecule has 2 amide bonds. The fourth-order valence-corrected chi connectivity index (χ4v) is 1.43. The summed E-state index contributed by atoms with van der Waals surface area (Å²) in [5.41, 5.74) is 0. The van der Waals surface area contributed by atoms with Crippen molar-refractivity contribution >= 4 is 34.8 Å².